The molecule has 0 saturated carbocycles. The lowest BCUT2D eigenvalue weighted by Gasteiger charge is -2.31. The summed E-state index contributed by atoms with van der Waals surface area (Å²) in [5.74, 6) is 2.06. The van der Waals surface area contributed by atoms with Gasteiger partial charge in [-0.3, -0.25) is 4.90 Å². The summed E-state index contributed by atoms with van der Waals surface area (Å²) in [4.78, 5) is 2.46. The van der Waals surface area contributed by atoms with Gasteiger partial charge in [0.15, 0.2) is 0 Å². The number of nitrogens with zero attached hydrogens (tertiary/aromatic N) is 4. The second kappa shape index (κ2) is 4.93. The van der Waals surface area contributed by atoms with E-state index >= 15 is 0 Å². The average Bonchev–Trinajstić information content (AvgIpc) is 2.62. The van der Waals surface area contributed by atoms with Gasteiger partial charge in [-0.15, -0.1) is 10.2 Å². The van der Waals surface area contributed by atoms with Gasteiger partial charge in [0, 0.05) is 26.2 Å². The van der Waals surface area contributed by atoms with Gasteiger partial charge in [0.05, 0.1) is 6.54 Å². The molecule has 5 heteroatoms. The van der Waals surface area contributed by atoms with Gasteiger partial charge in [0.25, 0.3) is 0 Å². The lowest BCUT2D eigenvalue weighted by Crippen LogP contribution is -2.41. The third kappa shape index (κ3) is 2.41. The summed E-state index contributed by atoms with van der Waals surface area (Å²) in [7, 11) is 4.08. The quantitative estimate of drug-likeness (QED) is 0.801. The van der Waals surface area contributed by atoms with Crippen molar-refractivity contribution < 1.29 is 0 Å². The lowest BCUT2D eigenvalue weighted by molar-refractivity contribution is 0.189. The predicted molar refractivity (Wildman–Crippen MR) is 63.1 cm³/mol. The van der Waals surface area contributed by atoms with Crippen LogP contribution in [-0.4, -0.2) is 45.8 Å². The Kier molecular flexibility index (Phi) is 3.56. The number of likely N-dealkylation sites (tertiary alicyclic amines) is 1. The standard InChI is InChI=1S/C11H21N5/c1-9-13-14-11(15(9)3)8-16-6-4-10(12-2)5-7-16/h10,12H,4-8H2,1-3H3. The Morgan fingerprint density at radius 1 is 1.31 bits per heavy atom. The maximum absolute atomic E-state index is 4.20. The van der Waals surface area contributed by atoms with Crippen LogP contribution in [0.1, 0.15) is 24.5 Å². The molecule has 0 aromatic carbocycles. The molecule has 1 N–H and O–H groups in total. The van der Waals surface area contributed by atoms with E-state index in [1.165, 1.54) is 12.8 Å². The zero-order valence-corrected chi connectivity index (χ0v) is 10.4. The first kappa shape index (κ1) is 11.5. The molecule has 2 rings (SSSR count). The van der Waals surface area contributed by atoms with E-state index in [1.807, 2.05) is 21.0 Å². The zero-order chi connectivity index (χ0) is 11.5. The van der Waals surface area contributed by atoms with E-state index < -0.39 is 0 Å². The molecule has 0 unspecified atom stereocenters. The number of rotatable bonds is 3. The highest BCUT2D eigenvalue weighted by Gasteiger charge is 2.19. The number of hydrogen-bond donors (Lipinski definition) is 1. The van der Waals surface area contributed by atoms with E-state index in [9.17, 15) is 0 Å². The number of aryl methyl sites for hydroxylation is 1. The lowest BCUT2D eigenvalue weighted by atomic mass is 10.1. The minimum absolute atomic E-state index is 0.692. The smallest absolute Gasteiger partial charge is 0.146 e. The summed E-state index contributed by atoms with van der Waals surface area (Å²) in [5.41, 5.74) is 0. The largest absolute Gasteiger partial charge is 0.317 e. The third-order valence-electron chi connectivity index (χ3n) is 3.54. The molecule has 0 amide bonds. The van der Waals surface area contributed by atoms with Crippen LogP contribution in [0.3, 0.4) is 0 Å². The van der Waals surface area contributed by atoms with Gasteiger partial charge in [-0.05, 0) is 26.8 Å². The number of nitrogens with one attached hydrogen (secondary N) is 1. The Balaban J connectivity index is 1.89. The molecule has 16 heavy (non-hydrogen) atoms. The van der Waals surface area contributed by atoms with Gasteiger partial charge in [0.1, 0.15) is 11.6 Å². The maximum atomic E-state index is 4.20. The molecule has 1 aliphatic heterocycles. The van der Waals surface area contributed by atoms with Crippen LogP contribution in [0, 0.1) is 6.92 Å². The fourth-order valence-electron chi connectivity index (χ4n) is 2.17. The van der Waals surface area contributed by atoms with Crippen LogP contribution in [0.15, 0.2) is 0 Å². The molecular weight excluding hydrogens is 202 g/mol. The Morgan fingerprint density at radius 2 is 2.00 bits per heavy atom. The molecule has 1 saturated heterocycles. The molecule has 2 heterocycles. The van der Waals surface area contributed by atoms with Crippen LogP contribution in [0.5, 0.6) is 0 Å². The molecule has 90 valence electrons. The van der Waals surface area contributed by atoms with Gasteiger partial charge in [-0.2, -0.15) is 0 Å². The van der Waals surface area contributed by atoms with Crippen LogP contribution >= 0.6 is 0 Å². The second-order valence-electron chi connectivity index (χ2n) is 4.56. The highest BCUT2D eigenvalue weighted by Crippen LogP contribution is 2.12. The van der Waals surface area contributed by atoms with E-state index in [-0.39, 0.29) is 0 Å². The topological polar surface area (TPSA) is 46.0 Å². The van der Waals surface area contributed by atoms with E-state index in [0.717, 1.165) is 31.3 Å². The third-order valence-corrected chi connectivity index (χ3v) is 3.54. The second-order valence-corrected chi connectivity index (χ2v) is 4.56. The molecule has 0 aliphatic carbocycles. The summed E-state index contributed by atoms with van der Waals surface area (Å²) in [6.45, 7) is 5.21. The first-order valence-electron chi connectivity index (χ1n) is 5.95. The van der Waals surface area contributed by atoms with Crippen molar-refractivity contribution in [2.45, 2.75) is 32.4 Å². The van der Waals surface area contributed by atoms with Crippen LogP contribution < -0.4 is 5.32 Å². The van der Waals surface area contributed by atoms with Crippen molar-refractivity contribution in [3.8, 4) is 0 Å². The molecule has 0 atom stereocenters. The minimum atomic E-state index is 0.692. The molecule has 0 radical (unpaired) electrons. The molecule has 1 aromatic heterocycles. The Hall–Kier alpha value is -0.940. The normalized spacial score (nSPS) is 19.2. The van der Waals surface area contributed by atoms with Gasteiger partial charge in [-0.1, -0.05) is 0 Å². The van der Waals surface area contributed by atoms with Crippen LogP contribution in [0.25, 0.3) is 0 Å². The maximum Gasteiger partial charge on any atom is 0.146 e. The molecule has 1 aromatic rings. The molecule has 0 spiro atoms. The van der Waals surface area contributed by atoms with Crippen LogP contribution in [0.2, 0.25) is 0 Å². The van der Waals surface area contributed by atoms with Gasteiger partial charge >= 0.3 is 0 Å². The van der Waals surface area contributed by atoms with E-state index in [0.29, 0.717) is 6.04 Å². The summed E-state index contributed by atoms with van der Waals surface area (Å²) >= 11 is 0. The summed E-state index contributed by atoms with van der Waals surface area (Å²) in [6.07, 6.45) is 2.46. The first-order valence-corrected chi connectivity index (χ1v) is 5.95. The SMILES string of the molecule is CNC1CCN(Cc2nnc(C)n2C)CC1. The van der Waals surface area contributed by atoms with Crippen molar-refractivity contribution in [2.75, 3.05) is 20.1 Å². The van der Waals surface area contributed by atoms with Crippen LogP contribution in [-0.2, 0) is 13.6 Å². The highest BCUT2D eigenvalue weighted by molar-refractivity contribution is 4.93. The molecule has 5 nitrogen and oxygen atoms in total. The van der Waals surface area contributed by atoms with Gasteiger partial charge in [0.2, 0.25) is 0 Å². The van der Waals surface area contributed by atoms with Gasteiger partial charge < -0.3 is 9.88 Å². The van der Waals surface area contributed by atoms with Crippen molar-refractivity contribution in [1.82, 2.24) is 25.0 Å². The molecule has 0 bridgehead atoms. The number of piperidine rings is 1. The van der Waals surface area contributed by atoms with E-state index in [4.69, 9.17) is 0 Å². The summed E-state index contributed by atoms with van der Waals surface area (Å²) < 4.78 is 2.07. The van der Waals surface area contributed by atoms with Crippen LogP contribution in [0.4, 0.5) is 0 Å². The van der Waals surface area contributed by atoms with Crippen molar-refractivity contribution in [3.63, 3.8) is 0 Å². The van der Waals surface area contributed by atoms with Crippen molar-refractivity contribution in [2.24, 2.45) is 7.05 Å². The van der Waals surface area contributed by atoms with Gasteiger partial charge in [-0.25, -0.2) is 0 Å². The molecule has 1 aliphatic rings. The number of hydrogen-bond acceptors (Lipinski definition) is 4. The molecule has 1 fully saturated rings. The minimum Gasteiger partial charge on any atom is -0.317 e. The predicted octanol–water partition coefficient (Wildman–Crippen LogP) is 0.307. The summed E-state index contributed by atoms with van der Waals surface area (Å²) in [6, 6.07) is 0.692. The van der Waals surface area contributed by atoms with Crippen molar-refractivity contribution >= 4 is 0 Å². The average molecular weight is 223 g/mol. The Morgan fingerprint density at radius 3 is 2.50 bits per heavy atom. The monoisotopic (exact) mass is 223 g/mol. The number of aromatic nitrogens is 3. The van der Waals surface area contributed by atoms with E-state index in [2.05, 4.69) is 25.0 Å². The Bertz CT molecular complexity index is 338. The highest BCUT2D eigenvalue weighted by atomic mass is 15.3. The van der Waals surface area contributed by atoms with E-state index in [1.54, 1.807) is 0 Å². The van der Waals surface area contributed by atoms with Crippen molar-refractivity contribution in [3.05, 3.63) is 11.6 Å². The summed E-state index contributed by atoms with van der Waals surface area (Å²) in [5, 5.41) is 11.6. The Labute approximate surface area is 96.8 Å². The zero-order valence-electron chi connectivity index (χ0n) is 10.4. The fourth-order valence-corrected chi connectivity index (χ4v) is 2.17. The molecular formula is C11H21N5. The first-order chi connectivity index (χ1) is 7.70. The van der Waals surface area contributed by atoms with Crippen molar-refractivity contribution in [1.29, 1.82) is 0 Å². The fraction of sp³-hybridized carbons (Fsp3) is 0.818.